The maximum Gasteiger partial charge on any atom is 0.306 e. The first-order valence-corrected chi connectivity index (χ1v) is 13.1. The molecule has 7 heteroatoms. The van der Waals surface area contributed by atoms with Gasteiger partial charge in [-0.2, -0.15) is 0 Å². The van der Waals surface area contributed by atoms with Gasteiger partial charge in [-0.15, -0.1) is 11.8 Å². The van der Waals surface area contributed by atoms with Crippen LogP contribution in [0.2, 0.25) is 0 Å². The molecular formula is C26H39N3O3S. The first kappa shape index (κ1) is 27.0. The van der Waals surface area contributed by atoms with Gasteiger partial charge in [0.2, 0.25) is 0 Å². The molecular weight excluding hydrogens is 434 g/mol. The molecule has 1 unspecified atom stereocenters. The van der Waals surface area contributed by atoms with Crippen molar-refractivity contribution in [3.05, 3.63) is 35.5 Å². The molecule has 3 N–H and O–H groups in total. The number of carbonyl (C=O) groups excluding carboxylic acids is 2. The van der Waals surface area contributed by atoms with E-state index in [-0.39, 0.29) is 11.9 Å². The summed E-state index contributed by atoms with van der Waals surface area (Å²) in [6, 6.07) is 7.57. The minimum absolute atomic E-state index is 0.119. The summed E-state index contributed by atoms with van der Waals surface area (Å²) in [4.78, 5) is 27.9. The first-order chi connectivity index (χ1) is 15.6. The van der Waals surface area contributed by atoms with E-state index in [1.165, 1.54) is 11.8 Å². The molecule has 33 heavy (non-hydrogen) atoms. The van der Waals surface area contributed by atoms with Gasteiger partial charge in [0.1, 0.15) is 11.3 Å². The van der Waals surface area contributed by atoms with Gasteiger partial charge < -0.3 is 15.0 Å². The number of unbranched alkanes of at least 4 members (excludes halogenated alkanes) is 2. The van der Waals surface area contributed by atoms with Gasteiger partial charge in [-0.25, -0.2) is 0 Å². The summed E-state index contributed by atoms with van der Waals surface area (Å²) in [7, 11) is 0. The predicted molar refractivity (Wildman–Crippen MR) is 138 cm³/mol. The van der Waals surface area contributed by atoms with Crippen molar-refractivity contribution < 1.29 is 14.3 Å². The van der Waals surface area contributed by atoms with E-state index in [0.717, 1.165) is 55.0 Å². The first-order valence-electron chi connectivity index (χ1n) is 11.9. The molecule has 1 aromatic heterocycles. The second kappa shape index (κ2) is 12.8. The Hall–Kier alpha value is -2.28. The number of ether oxygens (including phenoxy) is 1. The SMILES string of the molecule is CCCCC(CCCCNC(=O)c1cc2cc(C(=N)SC)ccc2[nH]1)CC(=O)OC(C)(C)C. The molecule has 1 heterocycles. The fourth-order valence-corrected chi connectivity index (χ4v) is 4.19. The lowest BCUT2D eigenvalue weighted by Crippen LogP contribution is -2.26. The molecule has 2 rings (SSSR count). The number of esters is 1. The third-order valence-corrected chi connectivity index (χ3v) is 6.14. The van der Waals surface area contributed by atoms with Gasteiger partial charge in [0.05, 0.1) is 5.04 Å². The molecule has 0 aliphatic carbocycles. The van der Waals surface area contributed by atoms with E-state index in [2.05, 4.69) is 17.2 Å². The van der Waals surface area contributed by atoms with Gasteiger partial charge in [0.25, 0.3) is 5.91 Å². The third kappa shape index (κ3) is 9.24. The van der Waals surface area contributed by atoms with Gasteiger partial charge >= 0.3 is 5.97 Å². The van der Waals surface area contributed by atoms with Gasteiger partial charge in [0, 0.05) is 29.4 Å². The molecule has 0 saturated heterocycles. The number of hydrogen-bond acceptors (Lipinski definition) is 5. The Labute approximate surface area is 202 Å². The fourth-order valence-electron chi connectivity index (χ4n) is 3.83. The summed E-state index contributed by atoms with van der Waals surface area (Å²) in [5.74, 6) is 0.0916. The smallest absolute Gasteiger partial charge is 0.306 e. The molecule has 1 amide bonds. The maximum absolute atomic E-state index is 12.6. The Bertz CT molecular complexity index is 946. The largest absolute Gasteiger partial charge is 0.460 e. The second-order valence-corrected chi connectivity index (χ2v) is 10.4. The lowest BCUT2D eigenvalue weighted by molar-refractivity contribution is -0.156. The van der Waals surface area contributed by atoms with Crippen molar-refractivity contribution in [3.63, 3.8) is 0 Å². The summed E-state index contributed by atoms with van der Waals surface area (Å²) < 4.78 is 5.50. The monoisotopic (exact) mass is 473 g/mol. The van der Waals surface area contributed by atoms with Crippen molar-refractivity contribution in [1.29, 1.82) is 5.41 Å². The van der Waals surface area contributed by atoms with E-state index in [9.17, 15) is 9.59 Å². The van der Waals surface area contributed by atoms with Crippen molar-refractivity contribution in [2.75, 3.05) is 12.8 Å². The molecule has 1 atom stereocenters. The van der Waals surface area contributed by atoms with Crippen LogP contribution in [0.15, 0.2) is 24.3 Å². The highest BCUT2D eigenvalue weighted by Crippen LogP contribution is 2.22. The van der Waals surface area contributed by atoms with Crippen LogP contribution in [0.5, 0.6) is 0 Å². The van der Waals surface area contributed by atoms with Crippen molar-refractivity contribution >= 4 is 39.6 Å². The van der Waals surface area contributed by atoms with Crippen LogP contribution in [0.3, 0.4) is 0 Å². The van der Waals surface area contributed by atoms with Gasteiger partial charge in [-0.3, -0.25) is 15.0 Å². The number of H-pyrrole nitrogens is 1. The molecule has 0 saturated carbocycles. The van der Waals surface area contributed by atoms with Crippen molar-refractivity contribution in [1.82, 2.24) is 10.3 Å². The Morgan fingerprint density at radius 1 is 1.15 bits per heavy atom. The zero-order chi connectivity index (χ0) is 24.4. The molecule has 6 nitrogen and oxygen atoms in total. The molecule has 0 fully saturated rings. The lowest BCUT2D eigenvalue weighted by Gasteiger charge is -2.22. The topological polar surface area (TPSA) is 95.0 Å². The molecule has 182 valence electrons. The molecule has 1 aromatic carbocycles. The van der Waals surface area contributed by atoms with Crippen LogP contribution in [0.25, 0.3) is 10.9 Å². The number of thioether (sulfide) groups is 1. The average Bonchev–Trinajstić information content (AvgIpc) is 3.18. The highest BCUT2D eigenvalue weighted by atomic mass is 32.2. The van der Waals surface area contributed by atoms with Crippen LogP contribution in [0, 0.1) is 11.3 Å². The van der Waals surface area contributed by atoms with Crippen LogP contribution in [-0.2, 0) is 9.53 Å². The molecule has 0 aliphatic rings. The third-order valence-electron chi connectivity index (χ3n) is 5.50. The number of amides is 1. The van der Waals surface area contributed by atoms with Crippen molar-refractivity contribution in [3.8, 4) is 0 Å². The fraction of sp³-hybridized carbons (Fsp3) is 0.577. The van der Waals surface area contributed by atoms with E-state index in [1.807, 2.05) is 51.3 Å². The predicted octanol–water partition coefficient (Wildman–Crippen LogP) is 6.29. The summed E-state index contributed by atoms with van der Waals surface area (Å²) in [5.41, 5.74) is 1.82. The van der Waals surface area contributed by atoms with Gasteiger partial charge in [-0.1, -0.05) is 32.3 Å². The van der Waals surface area contributed by atoms with E-state index in [0.29, 0.717) is 29.6 Å². The van der Waals surface area contributed by atoms with Gasteiger partial charge in [-0.05, 0) is 70.4 Å². The van der Waals surface area contributed by atoms with Crippen LogP contribution in [-0.4, -0.2) is 40.3 Å². The number of rotatable bonds is 12. The molecule has 0 bridgehead atoms. The lowest BCUT2D eigenvalue weighted by atomic mass is 9.93. The van der Waals surface area contributed by atoms with Crippen LogP contribution < -0.4 is 5.32 Å². The van der Waals surface area contributed by atoms with E-state index in [1.54, 1.807) is 0 Å². The standard InChI is InChI=1S/C26H39N3O3S/c1-6-7-10-18(15-23(30)32-26(2,3)4)11-8-9-14-28-25(31)22-17-20-16-19(24(27)33-5)12-13-21(20)29-22/h12-13,16-18,27,29H,6-11,14-15H2,1-5H3,(H,28,31). The Morgan fingerprint density at radius 2 is 1.88 bits per heavy atom. The normalized spacial score (nSPS) is 12.5. The Balaban J connectivity index is 1.80. The zero-order valence-electron chi connectivity index (χ0n) is 20.7. The number of benzene rings is 1. The van der Waals surface area contributed by atoms with Crippen LogP contribution >= 0.6 is 11.8 Å². The number of fused-ring (bicyclic) bond motifs is 1. The Kier molecular flexibility index (Phi) is 10.5. The number of hydrogen-bond donors (Lipinski definition) is 3. The van der Waals surface area contributed by atoms with Crippen LogP contribution in [0.4, 0.5) is 0 Å². The van der Waals surface area contributed by atoms with Gasteiger partial charge in [0.15, 0.2) is 0 Å². The minimum Gasteiger partial charge on any atom is -0.460 e. The summed E-state index contributed by atoms with van der Waals surface area (Å²) in [6.45, 7) is 8.46. The van der Waals surface area contributed by atoms with Crippen molar-refractivity contribution in [2.45, 2.75) is 78.2 Å². The number of aromatic nitrogens is 1. The van der Waals surface area contributed by atoms with Crippen molar-refractivity contribution in [2.24, 2.45) is 5.92 Å². The molecule has 0 radical (unpaired) electrons. The number of carbonyl (C=O) groups is 2. The summed E-state index contributed by atoms with van der Waals surface area (Å²) in [5, 5.41) is 12.4. The highest BCUT2D eigenvalue weighted by Gasteiger charge is 2.20. The number of nitrogens with one attached hydrogen (secondary N) is 3. The molecule has 0 spiro atoms. The second-order valence-electron chi connectivity index (χ2n) is 9.57. The van der Waals surface area contributed by atoms with E-state index < -0.39 is 5.60 Å². The van der Waals surface area contributed by atoms with E-state index >= 15 is 0 Å². The summed E-state index contributed by atoms with van der Waals surface area (Å²) >= 11 is 1.39. The summed E-state index contributed by atoms with van der Waals surface area (Å²) in [6.07, 6.45) is 8.41. The minimum atomic E-state index is -0.447. The zero-order valence-corrected chi connectivity index (χ0v) is 21.5. The Morgan fingerprint density at radius 3 is 2.55 bits per heavy atom. The molecule has 0 aliphatic heterocycles. The van der Waals surface area contributed by atoms with Crippen LogP contribution in [0.1, 0.15) is 88.7 Å². The highest BCUT2D eigenvalue weighted by molar-refractivity contribution is 8.13. The average molecular weight is 474 g/mol. The molecule has 2 aromatic rings. The van der Waals surface area contributed by atoms with E-state index in [4.69, 9.17) is 10.1 Å². The quantitative estimate of drug-likeness (QED) is 0.146. The maximum atomic E-state index is 12.6. The number of aromatic amines is 1.